The molecule has 0 saturated carbocycles. The first-order valence-electron chi connectivity index (χ1n) is 9.94. The molecule has 33 heavy (non-hydrogen) atoms. The highest BCUT2D eigenvalue weighted by atomic mass is 35.5. The SMILES string of the molecule is CCOc1cc(/C=C2/SC(=O)N(CC(=O)Nc3ccc(C)c(Cl)c3)C2=O)ccc1OC(C)=O. The maximum atomic E-state index is 12.7. The zero-order valence-corrected chi connectivity index (χ0v) is 19.7. The summed E-state index contributed by atoms with van der Waals surface area (Å²) in [7, 11) is 0. The van der Waals surface area contributed by atoms with Crippen molar-refractivity contribution in [3.63, 3.8) is 0 Å². The van der Waals surface area contributed by atoms with Gasteiger partial charge < -0.3 is 14.8 Å². The molecule has 10 heteroatoms. The molecule has 0 radical (unpaired) electrons. The van der Waals surface area contributed by atoms with Gasteiger partial charge in [-0.1, -0.05) is 23.7 Å². The van der Waals surface area contributed by atoms with Crippen molar-refractivity contribution in [2.45, 2.75) is 20.8 Å². The lowest BCUT2D eigenvalue weighted by molar-refractivity contribution is -0.132. The Bertz CT molecular complexity index is 1160. The summed E-state index contributed by atoms with van der Waals surface area (Å²) >= 11 is 6.80. The van der Waals surface area contributed by atoms with Gasteiger partial charge in [-0.3, -0.25) is 24.1 Å². The van der Waals surface area contributed by atoms with Crippen LogP contribution in [0.25, 0.3) is 6.08 Å². The van der Waals surface area contributed by atoms with Gasteiger partial charge >= 0.3 is 5.97 Å². The summed E-state index contributed by atoms with van der Waals surface area (Å²) in [6.07, 6.45) is 1.52. The van der Waals surface area contributed by atoms with E-state index >= 15 is 0 Å². The molecule has 0 bridgehead atoms. The van der Waals surface area contributed by atoms with Crippen molar-refractivity contribution in [2.24, 2.45) is 0 Å². The van der Waals surface area contributed by atoms with Gasteiger partial charge in [0.25, 0.3) is 11.1 Å². The van der Waals surface area contributed by atoms with Crippen molar-refractivity contribution in [3.8, 4) is 11.5 Å². The second kappa shape index (κ2) is 10.5. The highest BCUT2D eigenvalue weighted by Gasteiger charge is 2.36. The van der Waals surface area contributed by atoms with Crippen LogP contribution in [0.15, 0.2) is 41.3 Å². The van der Waals surface area contributed by atoms with Crippen molar-refractivity contribution in [2.75, 3.05) is 18.5 Å². The molecule has 0 atom stereocenters. The summed E-state index contributed by atoms with van der Waals surface area (Å²) in [6, 6.07) is 9.80. The molecule has 2 aromatic carbocycles. The summed E-state index contributed by atoms with van der Waals surface area (Å²) in [4.78, 5) is 49.8. The van der Waals surface area contributed by atoms with Crippen molar-refractivity contribution >= 4 is 58.1 Å². The van der Waals surface area contributed by atoms with E-state index in [1.54, 1.807) is 43.3 Å². The van der Waals surface area contributed by atoms with Crippen LogP contribution in [0, 0.1) is 6.92 Å². The van der Waals surface area contributed by atoms with Gasteiger partial charge in [0.1, 0.15) is 6.54 Å². The zero-order chi connectivity index (χ0) is 24.1. The fourth-order valence-corrected chi connectivity index (χ4v) is 3.94. The highest BCUT2D eigenvalue weighted by Crippen LogP contribution is 2.34. The van der Waals surface area contributed by atoms with Gasteiger partial charge in [0.05, 0.1) is 11.5 Å². The largest absolute Gasteiger partial charge is 0.490 e. The van der Waals surface area contributed by atoms with E-state index in [0.717, 1.165) is 22.2 Å². The average molecular weight is 489 g/mol. The summed E-state index contributed by atoms with van der Waals surface area (Å²) in [6.45, 7) is 4.81. The van der Waals surface area contributed by atoms with E-state index in [1.807, 2.05) is 6.92 Å². The number of imide groups is 1. The van der Waals surface area contributed by atoms with Gasteiger partial charge in [0, 0.05) is 17.6 Å². The van der Waals surface area contributed by atoms with E-state index in [4.69, 9.17) is 21.1 Å². The molecule has 0 aliphatic carbocycles. The quantitative estimate of drug-likeness (QED) is 0.344. The molecule has 8 nitrogen and oxygen atoms in total. The molecule has 1 heterocycles. The molecule has 1 aliphatic heterocycles. The topological polar surface area (TPSA) is 102 Å². The van der Waals surface area contributed by atoms with Crippen LogP contribution in [-0.2, 0) is 14.4 Å². The fraction of sp³-hybridized carbons (Fsp3) is 0.217. The molecular formula is C23H21ClN2O6S. The van der Waals surface area contributed by atoms with Crippen LogP contribution >= 0.6 is 23.4 Å². The van der Waals surface area contributed by atoms with E-state index < -0.39 is 29.6 Å². The van der Waals surface area contributed by atoms with Crippen LogP contribution in [0.1, 0.15) is 25.0 Å². The van der Waals surface area contributed by atoms with Gasteiger partial charge in [-0.25, -0.2) is 0 Å². The summed E-state index contributed by atoms with van der Waals surface area (Å²) in [5.74, 6) is -1.01. The first kappa shape index (κ1) is 24.3. The summed E-state index contributed by atoms with van der Waals surface area (Å²) < 4.78 is 10.6. The normalized spacial score (nSPS) is 14.5. The van der Waals surface area contributed by atoms with Gasteiger partial charge in [-0.2, -0.15) is 0 Å². The predicted molar refractivity (Wildman–Crippen MR) is 126 cm³/mol. The Hall–Kier alpha value is -3.30. The molecule has 1 N–H and O–H groups in total. The first-order valence-corrected chi connectivity index (χ1v) is 11.1. The van der Waals surface area contributed by atoms with Crippen molar-refractivity contribution in [1.82, 2.24) is 4.90 Å². The molecule has 0 aromatic heterocycles. The predicted octanol–water partition coefficient (Wildman–Crippen LogP) is 4.65. The Labute approximate surface area is 199 Å². The standard InChI is InChI=1S/C23H21ClN2O6S/c1-4-31-19-9-15(6-8-18(19)32-14(3)27)10-20-22(29)26(23(30)33-20)12-21(28)25-16-7-5-13(2)17(24)11-16/h5-11H,4,12H2,1-3H3,(H,25,28)/b20-10+. The Morgan fingerprint density at radius 3 is 2.58 bits per heavy atom. The number of esters is 1. The van der Waals surface area contributed by atoms with Crippen LogP contribution in [0.2, 0.25) is 5.02 Å². The number of nitrogens with one attached hydrogen (secondary N) is 1. The lowest BCUT2D eigenvalue weighted by Crippen LogP contribution is -2.36. The third-order valence-corrected chi connectivity index (χ3v) is 5.76. The molecule has 2 aromatic rings. The van der Waals surface area contributed by atoms with Gasteiger partial charge in [-0.05, 0) is 67.1 Å². The number of hydrogen-bond acceptors (Lipinski definition) is 7. The fourth-order valence-electron chi connectivity index (χ4n) is 2.92. The molecule has 1 aliphatic rings. The Balaban J connectivity index is 1.73. The maximum Gasteiger partial charge on any atom is 0.308 e. The van der Waals surface area contributed by atoms with Crippen molar-refractivity contribution < 1.29 is 28.7 Å². The minimum absolute atomic E-state index is 0.161. The number of halogens is 1. The minimum atomic E-state index is -0.580. The van der Waals surface area contributed by atoms with E-state index in [9.17, 15) is 19.2 Å². The molecule has 3 amide bonds. The number of thioether (sulfide) groups is 1. The Kier molecular flexibility index (Phi) is 7.78. The van der Waals surface area contributed by atoms with Gasteiger partial charge in [-0.15, -0.1) is 0 Å². The summed E-state index contributed by atoms with van der Waals surface area (Å²) in [5.41, 5.74) is 1.90. The van der Waals surface area contributed by atoms with Gasteiger partial charge in [0.2, 0.25) is 5.91 Å². The van der Waals surface area contributed by atoms with E-state index in [0.29, 0.717) is 28.6 Å². The zero-order valence-electron chi connectivity index (χ0n) is 18.1. The molecule has 1 fully saturated rings. The number of rotatable bonds is 7. The number of amides is 3. The lowest BCUT2D eigenvalue weighted by atomic mass is 10.2. The highest BCUT2D eigenvalue weighted by molar-refractivity contribution is 8.18. The van der Waals surface area contributed by atoms with Crippen LogP contribution in [-0.4, -0.2) is 41.1 Å². The van der Waals surface area contributed by atoms with E-state index in [2.05, 4.69) is 5.32 Å². The molecule has 172 valence electrons. The number of benzene rings is 2. The number of carbonyl (C=O) groups is 4. The molecule has 0 spiro atoms. The van der Waals surface area contributed by atoms with Crippen molar-refractivity contribution in [3.05, 3.63) is 57.5 Å². The second-order valence-corrected chi connectivity index (χ2v) is 8.41. The first-order chi connectivity index (χ1) is 15.7. The van der Waals surface area contributed by atoms with Crippen LogP contribution in [0.4, 0.5) is 10.5 Å². The number of anilines is 1. The number of ether oxygens (including phenoxy) is 2. The monoisotopic (exact) mass is 488 g/mol. The second-order valence-electron chi connectivity index (χ2n) is 7.01. The van der Waals surface area contributed by atoms with Crippen LogP contribution < -0.4 is 14.8 Å². The molecule has 3 rings (SSSR count). The smallest absolute Gasteiger partial charge is 0.308 e. The maximum absolute atomic E-state index is 12.7. The van der Waals surface area contributed by atoms with Gasteiger partial charge in [0.15, 0.2) is 11.5 Å². The number of nitrogens with zero attached hydrogens (tertiary/aromatic N) is 1. The Morgan fingerprint density at radius 1 is 1.15 bits per heavy atom. The molecule has 0 unspecified atom stereocenters. The Morgan fingerprint density at radius 2 is 1.91 bits per heavy atom. The number of carbonyl (C=O) groups excluding carboxylic acids is 4. The molecule has 1 saturated heterocycles. The van der Waals surface area contributed by atoms with E-state index in [1.165, 1.54) is 13.0 Å². The van der Waals surface area contributed by atoms with Crippen molar-refractivity contribution in [1.29, 1.82) is 0 Å². The lowest BCUT2D eigenvalue weighted by Gasteiger charge is -2.13. The summed E-state index contributed by atoms with van der Waals surface area (Å²) in [5, 5.41) is 2.57. The number of hydrogen-bond donors (Lipinski definition) is 1. The average Bonchev–Trinajstić information content (AvgIpc) is 3.00. The number of aryl methyl sites for hydroxylation is 1. The van der Waals surface area contributed by atoms with Crippen LogP contribution in [0.5, 0.6) is 11.5 Å². The third kappa shape index (κ3) is 6.15. The minimum Gasteiger partial charge on any atom is -0.490 e. The molecular weight excluding hydrogens is 468 g/mol. The van der Waals surface area contributed by atoms with E-state index in [-0.39, 0.29) is 10.7 Å². The third-order valence-electron chi connectivity index (χ3n) is 4.45. The van der Waals surface area contributed by atoms with Crippen LogP contribution in [0.3, 0.4) is 0 Å².